The quantitative estimate of drug-likeness (QED) is 0.543. The van der Waals surface area contributed by atoms with Gasteiger partial charge in [-0.1, -0.05) is 39.0 Å². The van der Waals surface area contributed by atoms with E-state index in [1.54, 1.807) is 0 Å². The Morgan fingerprint density at radius 1 is 1.40 bits per heavy atom. The summed E-state index contributed by atoms with van der Waals surface area (Å²) in [7, 11) is 0. The summed E-state index contributed by atoms with van der Waals surface area (Å²) in [5.74, 6) is 0.223. The number of aliphatic hydroxyl groups is 1. The molecule has 1 saturated carbocycles. The van der Waals surface area contributed by atoms with Gasteiger partial charge in [-0.2, -0.15) is 0 Å². The average molecular weight is 212 g/mol. The lowest BCUT2D eigenvalue weighted by Gasteiger charge is -2.39. The molecule has 0 heterocycles. The van der Waals surface area contributed by atoms with Crippen molar-refractivity contribution in [3.8, 4) is 0 Å². The number of aliphatic hydroxyl groups excluding tert-OH is 1. The van der Waals surface area contributed by atoms with Crippen LogP contribution in [-0.2, 0) is 4.79 Å². The maximum absolute atomic E-state index is 11.3. The van der Waals surface area contributed by atoms with Gasteiger partial charge in [-0.15, -0.1) is 0 Å². The van der Waals surface area contributed by atoms with Gasteiger partial charge in [0, 0.05) is 12.0 Å². The van der Waals surface area contributed by atoms with E-state index in [4.69, 9.17) is 0 Å². The molecule has 0 aliphatic heterocycles. The second kappa shape index (κ2) is 6.26. The van der Waals surface area contributed by atoms with Crippen LogP contribution in [-0.4, -0.2) is 18.0 Å². The molecule has 0 saturated heterocycles. The third-order valence-electron chi connectivity index (χ3n) is 3.96. The Labute approximate surface area is 93.1 Å². The van der Waals surface area contributed by atoms with Gasteiger partial charge in [0.25, 0.3) is 0 Å². The van der Waals surface area contributed by atoms with Crippen molar-refractivity contribution < 1.29 is 9.90 Å². The smallest absolute Gasteiger partial charge is 0.126 e. The maximum Gasteiger partial charge on any atom is 0.126 e. The standard InChI is InChI=1S/C13H24O2/c1-2-3-5-8-13(11-15)9-6-4-7-12(13)10-14/h11-12,14H,2-10H2,1H3. The Morgan fingerprint density at radius 3 is 2.80 bits per heavy atom. The second-order valence-corrected chi connectivity index (χ2v) is 4.93. The summed E-state index contributed by atoms with van der Waals surface area (Å²) >= 11 is 0. The molecule has 2 nitrogen and oxygen atoms in total. The van der Waals surface area contributed by atoms with E-state index >= 15 is 0 Å². The van der Waals surface area contributed by atoms with E-state index in [1.165, 1.54) is 19.3 Å². The van der Waals surface area contributed by atoms with Crippen LogP contribution >= 0.6 is 0 Å². The molecular formula is C13H24O2. The molecule has 0 aromatic carbocycles. The van der Waals surface area contributed by atoms with Crippen molar-refractivity contribution in [2.24, 2.45) is 11.3 Å². The Kier molecular flexibility index (Phi) is 5.30. The van der Waals surface area contributed by atoms with Gasteiger partial charge in [-0.3, -0.25) is 0 Å². The lowest BCUT2D eigenvalue weighted by Crippen LogP contribution is -2.37. The number of carbonyl (C=O) groups is 1. The number of hydrogen-bond acceptors (Lipinski definition) is 2. The van der Waals surface area contributed by atoms with E-state index in [0.29, 0.717) is 0 Å². The van der Waals surface area contributed by atoms with Gasteiger partial charge in [-0.25, -0.2) is 0 Å². The summed E-state index contributed by atoms with van der Waals surface area (Å²) in [5, 5.41) is 9.36. The van der Waals surface area contributed by atoms with Crippen molar-refractivity contribution in [1.29, 1.82) is 0 Å². The number of aldehydes is 1. The lowest BCUT2D eigenvalue weighted by molar-refractivity contribution is -0.123. The summed E-state index contributed by atoms with van der Waals surface area (Å²) in [6.07, 6.45) is 10.00. The minimum atomic E-state index is -0.192. The average Bonchev–Trinajstić information content (AvgIpc) is 2.30. The fourth-order valence-electron chi connectivity index (χ4n) is 2.86. The van der Waals surface area contributed by atoms with E-state index < -0.39 is 0 Å². The van der Waals surface area contributed by atoms with Crippen molar-refractivity contribution in [2.75, 3.05) is 6.61 Å². The van der Waals surface area contributed by atoms with Crippen molar-refractivity contribution >= 4 is 6.29 Å². The molecule has 0 spiro atoms. The largest absolute Gasteiger partial charge is 0.396 e. The van der Waals surface area contributed by atoms with E-state index in [1.807, 2.05) is 0 Å². The van der Waals surface area contributed by atoms with Crippen LogP contribution < -0.4 is 0 Å². The fraction of sp³-hybridized carbons (Fsp3) is 0.923. The fourth-order valence-corrected chi connectivity index (χ4v) is 2.86. The minimum Gasteiger partial charge on any atom is -0.396 e. The molecule has 2 unspecified atom stereocenters. The van der Waals surface area contributed by atoms with Crippen molar-refractivity contribution in [3.05, 3.63) is 0 Å². The molecule has 2 atom stereocenters. The van der Waals surface area contributed by atoms with Crippen molar-refractivity contribution in [2.45, 2.75) is 58.3 Å². The first-order valence-corrected chi connectivity index (χ1v) is 6.36. The molecule has 0 aromatic rings. The van der Waals surface area contributed by atoms with E-state index in [-0.39, 0.29) is 17.9 Å². The topological polar surface area (TPSA) is 37.3 Å². The first-order chi connectivity index (χ1) is 7.29. The SMILES string of the molecule is CCCCCC1(C=O)CCCCC1CO. The third-order valence-corrected chi connectivity index (χ3v) is 3.96. The van der Waals surface area contributed by atoms with Gasteiger partial charge < -0.3 is 9.90 Å². The second-order valence-electron chi connectivity index (χ2n) is 4.93. The zero-order valence-electron chi connectivity index (χ0n) is 9.87. The molecular weight excluding hydrogens is 188 g/mol. The summed E-state index contributed by atoms with van der Waals surface area (Å²) < 4.78 is 0. The highest BCUT2D eigenvalue weighted by Gasteiger charge is 2.39. The Bertz CT molecular complexity index is 191. The summed E-state index contributed by atoms with van der Waals surface area (Å²) in [5.41, 5.74) is -0.192. The number of rotatable bonds is 6. The van der Waals surface area contributed by atoms with E-state index in [2.05, 4.69) is 6.92 Å². The first-order valence-electron chi connectivity index (χ1n) is 6.36. The summed E-state index contributed by atoms with van der Waals surface area (Å²) in [6.45, 7) is 2.36. The van der Waals surface area contributed by atoms with Crippen molar-refractivity contribution in [3.63, 3.8) is 0 Å². The van der Waals surface area contributed by atoms with Gasteiger partial charge in [0.1, 0.15) is 6.29 Å². The molecule has 1 rings (SSSR count). The van der Waals surface area contributed by atoms with Gasteiger partial charge in [-0.05, 0) is 25.2 Å². The highest BCUT2D eigenvalue weighted by molar-refractivity contribution is 5.60. The third kappa shape index (κ3) is 3.04. The van der Waals surface area contributed by atoms with Crippen LogP contribution in [0.4, 0.5) is 0 Å². The highest BCUT2D eigenvalue weighted by atomic mass is 16.3. The molecule has 15 heavy (non-hydrogen) atoms. The number of unbranched alkanes of at least 4 members (excludes halogenated alkanes) is 2. The Balaban J connectivity index is 2.57. The highest BCUT2D eigenvalue weighted by Crippen LogP contribution is 2.43. The zero-order chi connectivity index (χ0) is 11.1. The van der Waals surface area contributed by atoms with Gasteiger partial charge in [0.15, 0.2) is 0 Å². The summed E-state index contributed by atoms with van der Waals surface area (Å²) in [4.78, 5) is 11.3. The Morgan fingerprint density at radius 2 is 2.20 bits per heavy atom. The molecule has 1 aliphatic carbocycles. The molecule has 0 radical (unpaired) electrons. The van der Waals surface area contributed by atoms with Crippen LogP contribution in [0.5, 0.6) is 0 Å². The molecule has 0 aromatic heterocycles. The minimum absolute atomic E-state index is 0.185. The summed E-state index contributed by atoms with van der Waals surface area (Å²) in [6, 6.07) is 0. The zero-order valence-corrected chi connectivity index (χ0v) is 9.87. The van der Waals surface area contributed by atoms with Crippen LogP contribution in [0, 0.1) is 11.3 Å². The first kappa shape index (κ1) is 12.7. The van der Waals surface area contributed by atoms with Crippen LogP contribution in [0.1, 0.15) is 58.3 Å². The predicted octanol–water partition coefficient (Wildman–Crippen LogP) is 2.93. The Hall–Kier alpha value is -0.370. The van der Waals surface area contributed by atoms with Crippen LogP contribution in [0.25, 0.3) is 0 Å². The van der Waals surface area contributed by atoms with Gasteiger partial charge in [0.2, 0.25) is 0 Å². The van der Waals surface area contributed by atoms with Gasteiger partial charge >= 0.3 is 0 Å². The molecule has 1 N–H and O–H groups in total. The molecule has 1 aliphatic rings. The molecule has 1 fully saturated rings. The lowest BCUT2D eigenvalue weighted by atomic mass is 9.65. The van der Waals surface area contributed by atoms with E-state index in [0.717, 1.165) is 38.4 Å². The number of hydrogen-bond donors (Lipinski definition) is 1. The molecule has 88 valence electrons. The van der Waals surface area contributed by atoms with Gasteiger partial charge in [0.05, 0.1) is 0 Å². The molecule has 0 bridgehead atoms. The maximum atomic E-state index is 11.3. The van der Waals surface area contributed by atoms with Crippen LogP contribution in [0.2, 0.25) is 0 Å². The predicted molar refractivity (Wildman–Crippen MR) is 61.7 cm³/mol. The van der Waals surface area contributed by atoms with Crippen LogP contribution in [0.15, 0.2) is 0 Å². The monoisotopic (exact) mass is 212 g/mol. The van der Waals surface area contributed by atoms with Crippen molar-refractivity contribution in [1.82, 2.24) is 0 Å². The molecule has 0 amide bonds. The molecule has 2 heteroatoms. The van der Waals surface area contributed by atoms with E-state index in [9.17, 15) is 9.90 Å². The normalized spacial score (nSPS) is 31.5. The number of carbonyl (C=O) groups excluding carboxylic acids is 1. The van der Waals surface area contributed by atoms with Crippen LogP contribution in [0.3, 0.4) is 0 Å².